The minimum atomic E-state index is -0.799. The van der Waals surface area contributed by atoms with Gasteiger partial charge in [0.2, 0.25) is 0 Å². The van der Waals surface area contributed by atoms with Gasteiger partial charge in [-0.25, -0.2) is 4.39 Å². The summed E-state index contributed by atoms with van der Waals surface area (Å²) in [6, 6.07) is 13.9. The summed E-state index contributed by atoms with van der Waals surface area (Å²) in [5, 5.41) is 4.05. The van der Waals surface area contributed by atoms with Gasteiger partial charge in [0.25, 0.3) is 11.8 Å². The topological polar surface area (TPSA) is 90.3 Å². The first-order valence-electron chi connectivity index (χ1n) is 6.85. The molecule has 0 saturated heterocycles. The molecule has 0 unspecified atom stereocenters. The largest absolute Gasteiger partial charge is 0.364 e. The second-order valence-corrected chi connectivity index (χ2v) is 5.66. The molecule has 3 aromatic rings. The molecule has 0 spiro atoms. The van der Waals surface area contributed by atoms with Gasteiger partial charge in [0.1, 0.15) is 5.82 Å². The van der Waals surface area contributed by atoms with Gasteiger partial charge in [-0.15, -0.1) is 5.10 Å². The number of amides is 2. The zero-order valence-electron chi connectivity index (χ0n) is 12.2. The van der Waals surface area contributed by atoms with Crippen molar-refractivity contribution in [1.82, 2.24) is 9.17 Å². The number of rotatable bonds is 3. The number of carbonyl (C=O) groups is 2. The van der Waals surface area contributed by atoms with Gasteiger partial charge in [-0.3, -0.25) is 9.59 Å². The maximum atomic E-state index is 13.0. The zero-order chi connectivity index (χ0) is 17.1. The summed E-state index contributed by atoms with van der Waals surface area (Å²) < 4.78 is 14.5. The van der Waals surface area contributed by atoms with Crippen molar-refractivity contribution in [3.05, 3.63) is 76.3 Å². The highest BCUT2D eigenvalue weighted by Crippen LogP contribution is 2.10. The maximum absolute atomic E-state index is 13.0. The normalized spacial score (nSPS) is 11.5. The number of aromatic nitrogens is 2. The fourth-order valence-corrected chi connectivity index (χ4v) is 2.79. The van der Waals surface area contributed by atoms with Crippen molar-refractivity contribution in [1.29, 1.82) is 0 Å². The van der Waals surface area contributed by atoms with E-state index in [1.807, 2.05) is 0 Å². The second kappa shape index (κ2) is 6.55. The van der Waals surface area contributed by atoms with Crippen molar-refractivity contribution in [2.75, 3.05) is 0 Å². The van der Waals surface area contributed by atoms with Crippen LogP contribution < -0.4 is 10.4 Å². The molecule has 2 amide bonds. The van der Waals surface area contributed by atoms with Gasteiger partial charge in [0.15, 0.2) is 10.4 Å². The van der Waals surface area contributed by atoms with Crippen LogP contribution in [-0.4, -0.2) is 21.0 Å². The molecule has 120 valence electrons. The number of hydrogen-bond donors (Lipinski definition) is 1. The Morgan fingerprint density at radius 3 is 2.38 bits per heavy atom. The third-order valence-corrected chi connectivity index (χ3v) is 3.99. The van der Waals surface area contributed by atoms with E-state index in [2.05, 4.69) is 10.1 Å². The fraction of sp³-hybridized carbons (Fsp3) is 0. The number of halogens is 1. The van der Waals surface area contributed by atoms with Gasteiger partial charge in [-0.2, -0.15) is 9.06 Å². The molecule has 0 aliphatic rings. The van der Waals surface area contributed by atoms with Crippen LogP contribution in [0.15, 0.2) is 59.6 Å². The Kier molecular flexibility index (Phi) is 4.30. The molecule has 6 nitrogen and oxygen atoms in total. The van der Waals surface area contributed by atoms with E-state index in [1.54, 1.807) is 30.3 Å². The first-order chi connectivity index (χ1) is 11.5. The van der Waals surface area contributed by atoms with Crippen LogP contribution in [0.4, 0.5) is 4.39 Å². The van der Waals surface area contributed by atoms with Crippen LogP contribution in [0, 0.1) is 5.82 Å². The number of benzene rings is 2. The third-order valence-electron chi connectivity index (χ3n) is 3.07. The molecule has 1 heterocycles. The molecule has 3 rings (SSSR count). The molecule has 24 heavy (non-hydrogen) atoms. The van der Waals surface area contributed by atoms with Crippen LogP contribution in [0.5, 0.6) is 0 Å². The van der Waals surface area contributed by atoms with Gasteiger partial charge >= 0.3 is 0 Å². The predicted octanol–water partition coefficient (Wildman–Crippen LogP) is 1.91. The van der Waals surface area contributed by atoms with Crippen LogP contribution in [0.25, 0.3) is 5.69 Å². The lowest BCUT2D eigenvalue weighted by Crippen LogP contribution is -2.20. The Bertz CT molecular complexity index is 962. The van der Waals surface area contributed by atoms with E-state index >= 15 is 0 Å². The van der Waals surface area contributed by atoms with Crippen molar-refractivity contribution in [3.8, 4) is 5.69 Å². The molecule has 2 N–H and O–H groups in total. The molecule has 0 aliphatic carbocycles. The zero-order valence-corrected chi connectivity index (χ0v) is 13.0. The lowest BCUT2D eigenvalue weighted by Gasteiger charge is -1.97. The monoisotopic (exact) mass is 342 g/mol. The highest BCUT2D eigenvalue weighted by molar-refractivity contribution is 7.04. The van der Waals surface area contributed by atoms with E-state index in [4.69, 9.17) is 5.73 Å². The highest BCUT2D eigenvalue weighted by atomic mass is 32.1. The maximum Gasteiger partial charge on any atom is 0.278 e. The van der Waals surface area contributed by atoms with E-state index in [1.165, 1.54) is 28.3 Å². The van der Waals surface area contributed by atoms with Gasteiger partial charge in [-0.05, 0) is 47.9 Å². The summed E-state index contributed by atoms with van der Waals surface area (Å²) in [6.07, 6.45) is 0. The molecule has 1 aromatic heterocycles. The summed E-state index contributed by atoms with van der Waals surface area (Å²) in [5.41, 5.74) is 6.10. The van der Waals surface area contributed by atoms with Gasteiger partial charge in [0, 0.05) is 5.56 Å². The number of nitrogens with zero attached hydrogens (tertiary/aromatic N) is 3. The van der Waals surface area contributed by atoms with Crippen molar-refractivity contribution in [3.63, 3.8) is 0 Å². The molecule has 0 saturated carbocycles. The summed E-state index contributed by atoms with van der Waals surface area (Å²) in [7, 11) is 0. The highest BCUT2D eigenvalue weighted by Gasteiger charge is 2.14. The van der Waals surface area contributed by atoms with Crippen LogP contribution in [-0.2, 0) is 0 Å². The minimum absolute atomic E-state index is 0.0979. The van der Waals surface area contributed by atoms with Crippen molar-refractivity contribution >= 4 is 23.3 Å². The minimum Gasteiger partial charge on any atom is -0.364 e. The molecule has 2 aromatic carbocycles. The Morgan fingerprint density at radius 2 is 1.75 bits per heavy atom. The van der Waals surface area contributed by atoms with Crippen molar-refractivity contribution < 1.29 is 14.0 Å². The van der Waals surface area contributed by atoms with Crippen LogP contribution >= 0.6 is 11.5 Å². The van der Waals surface area contributed by atoms with Crippen molar-refractivity contribution in [2.45, 2.75) is 0 Å². The third kappa shape index (κ3) is 3.28. The quantitative estimate of drug-likeness (QED) is 0.788. The first kappa shape index (κ1) is 15.8. The van der Waals surface area contributed by atoms with Crippen LogP contribution in [0.1, 0.15) is 20.8 Å². The summed E-state index contributed by atoms with van der Waals surface area (Å²) in [5.74, 6) is -1.70. The average molecular weight is 342 g/mol. The van der Waals surface area contributed by atoms with Gasteiger partial charge in [-0.1, -0.05) is 18.2 Å². The molecule has 8 heteroatoms. The Hall–Kier alpha value is -3.13. The Morgan fingerprint density at radius 1 is 1.08 bits per heavy atom. The first-order valence-corrected chi connectivity index (χ1v) is 7.62. The number of primary amides is 1. The molecule has 0 atom stereocenters. The summed E-state index contributed by atoms with van der Waals surface area (Å²) >= 11 is 0.965. The van der Waals surface area contributed by atoms with Gasteiger partial charge in [0.05, 0.1) is 5.69 Å². The van der Waals surface area contributed by atoms with Gasteiger partial charge < -0.3 is 5.73 Å². The molecule has 0 radical (unpaired) electrons. The van der Waals surface area contributed by atoms with E-state index in [0.717, 1.165) is 11.5 Å². The van der Waals surface area contributed by atoms with E-state index in [0.29, 0.717) is 11.3 Å². The van der Waals surface area contributed by atoms with E-state index < -0.39 is 17.6 Å². The molecule has 0 aliphatic heterocycles. The smallest absolute Gasteiger partial charge is 0.278 e. The van der Waals surface area contributed by atoms with E-state index in [9.17, 15) is 14.0 Å². The van der Waals surface area contributed by atoms with E-state index in [-0.39, 0.29) is 10.4 Å². The molecule has 0 bridgehead atoms. The van der Waals surface area contributed by atoms with Crippen molar-refractivity contribution in [2.24, 2.45) is 10.7 Å². The average Bonchev–Trinajstić information content (AvgIpc) is 3.00. The summed E-state index contributed by atoms with van der Waals surface area (Å²) in [6.45, 7) is 0. The summed E-state index contributed by atoms with van der Waals surface area (Å²) in [4.78, 5) is 27.7. The lowest BCUT2D eigenvalue weighted by molar-refractivity contribution is 0.0994. The number of nitrogens with two attached hydrogens (primary N) is 1. The fourth-order valence-electron chi connectivity index (χ4n) is 1.92. The van der Waals surface area contributed by atoms with Crippen LogP contribution in [0.3, 0.4) is 0 Å². The van der Waals surface area contributed by atoms with Crippen LogP contribution in [0.2, 0.25) is 0 Å². The molecular formula is C16H11FN4O2S. The Labute approximate surface area is 139 Å². The lowest BCUT2D eigenvalue weighted by atomic mass is 10.2. The molecular weight excluding hydrogens is 331 g/mol. The Balaban J connectivity index is 2.07. The second-order valence-electron chi connectivity index (χ2n) is 4.74. The number of hydrogen-bond acceptors (Lipinski definition) is 4. The molecule has 0 fully saturated rings. The SMILES string of the molecule is NC(=O)c1nn(-c2ccc(F)cc2)sc1=NC(=O)c1ccccc1. The standard InChI is InChI=1S/C16H11FN4O2S/c17-11-6-8-12(9-7-11)21-20-13(14(18)22)16(24-21)19-15(23)10-4-2-1-3-5-10/h1-9H,(H2,18,22). The predicted molar refractivity (Wildman–Crippen MR) is 86.3 cm³/mol. The number of carbonyl (C=O) groups excluding carboxylic acids is 2.